The maximum Gasteiger partial charge on any atom is 0.132 e. The lowest BCUT2D eigenvalue weighted by molar-refractivity contribution is -0.0983. The van der Waals surface area contributed by atoms with Gasteiger partial charge in [0.2, 0.25) is 0 Å². The van der Waals surface area contributed by atoms with Crippen LogP contribution >= 0.6 is 11.6 Å². The average molecular weight is 363 g/mol. The first-order valence-corrected chi connectivity index (χ1v) is 10.4. The largest absolute Gasteiger partial charge is 0.393 e. The van der Waals surface area contributed by atoms with Gasteiger partial charge in [-0.25, -0.2) is 0 Å². The normalized spacial score (nSPS) is 51.9. The fraction of sp³-hybridized carbons (Fsp3) is 0.818. The minimum Gasteiger partial charge on any atom is -0.393 e. The Kier molecular flexibility index (Phi) is 4.12. The van der Waals surface area contributed by atoms with Gasteiger partial charge in [-0.15, -0.1) is 0 Å². The highest BCUT2D eigenvalue weighted by Gasteiger charge is 2.63. The fourth-order valence-electron chi connectivity index (χ4n) is 7.40. The summed E-state index contributed by atoms with van der Waals surface area (Å²) in [6.45, 7) is 6.99. The number of hydrogen-bond donors (Lipinski definition) is 2. The summed E-state index contributed by atoms with van der Waals surface area (Å²) < 4.78 is 0. The van der Waals surface area contributed by atoms with Crippen LogP contribution in [0.25, 0.3) is 0 Å². The zero-order valence-electron chi connectivity index (χ0n) is 15.7. The van der Waals surface area contributed by atoms with E-state index >= 15 is 0 Å². The molecule has 0 heterocycles. The molecule has 25 heavy (non-hydrogen) atoms. The highest BCUT2D eigenvalue weighted by atomic mass is 35.5. The summed E-state index contributed by atoms with van der Waals surface area (Å²) in [5, 5.41) is 23.9. The summed E-state index contributed by atoms with van der Waals surface area (Å²) in [5.41, 5.74) is 2.23. The zero-order valence-corrected chi connectivity index (χ0v) is 16.5. The van der Waals surface area contributed by atoms with E-state index in [1.807, 2.05) is 0 Å². The Bertz CT molecular complexity index is 673. The Balaban J connectivity index is 1.73. The molecule has 0 unspecified atom stereocenters. The van der Waals surface area contributed by atoms with E-state index in [1.54, 1.807) is 5.57 Å². The van der Waals surface area contributed by atoms with Crippen molar-refractivity contribution in [3.8, 4) is 11.3 Å². The van der Waals surface area contributed by atoms with Crippen LogP contribution in [0.3, 0.4) is 0 Å². The lowest BCUT2D eigenvalue weighted by Crippen LogP contribution is -2.54. The maximum absolute atomic E-state index is 11.2. The highest BCUT2D eigenvalue weighted by molar-refractivity contribution is 6.30. The van der Waals surface area contributed by atoms with Crippen LogP contribution in [0.2, 0.25) is 0 Å². The molecule has 3 heteroatoms. The van der Waals surface area contributed by atoms with Crippen LogP contribution in [0.15, 0.2) is 11.1 Å². The second-order valence-electron chi connectivity index (χ2n) is 9.73. The Hall–Kier alpha value is -0.490. The van der Waals surface area contributed by atoms with Crippen LogP contribution in [0.1, 0.15) is 72.1 Å². The van der Waals surface area contributed by atoms with Crippen LogP contribution in [0.5, 0.6) is 0 Å². The first-order valence-electron chi connectivity index (χ1n) is 9.97. The predicted octanol–water partition coefficient (Wildman–Crippen LogP) is 4.63. The van der Waals surface area contributed by atoms with Crippen molar-refractivity contribution in [1.29, 1.82) is 0 Å². The van der Waals surface area contributed by atoms with Crippen molar-refractivity contribution in [3.63, 3.8) is 0 Å². The van der Waals surface area contributed by atoms with Crippen molar-refractivity contribution >= 4 is 11.6 Å². The smallest absolute Gasteiger partial charge is 0.132 e. The van der Waals surface area contributed by atoms with Crippen molar-refractivity contribution in [2.45, 2.75) is 83.8 Å². The molecule has 4 aliphatic rings. The second kappa shape index (κ2) is 5.75. The molecule has 4 aliphatic carbocycles. The summed E-state index contributed by atoms with van der Waals surface area (Å²) >= 11 is 5.70. The molecule has 7 atom stereocenters. The fourth-order valence-corrected chi connectivity index (χ4v) is 7.55. The SMILES string of the molecule is CC1=C2C[C@@H](O)CC[C@]2(C)[C@H]2CC[C@@]3(C)[C@@H](CC[C@@]3(O)C#CCl)[C@@H]2C1. The third kappa shape index (κ3) is 2.32. The summed E-state index contributed by atoms with van der Waals surface area (Å²) in [6, 6.07) is 0. The van der Waals surface area contributed by atoms with Gasteiger partial charge in [0.25, 0.3) is 0 Å². The number of aliphatic hydroxyl groups excluding tert-OH is 1. The molecule has 2 nitrogen and oxygen atoms in total. The van der Waals surface area contributed by atoms with Gasteiger partial charge >= 0.3 is 0 Å². The minimum atomic E-state index is -0.925. The van der Waals surface area contributed by atoms with E-state index in [9.17, 15) is 10.2 Å². The minimum absolute atomic E-state index is 0.140. The Morgan fingerprint density at radius 3 is 2.48 bits per heavy atom. The summed E-state index contributed by atoms with van der Waals surface area (Å²) in [6.07, 6.45) is 7.89. The van der Waals surface area contributed by atoms with Gasteiger partial charge in [0.05, 0.1) is 6.10 Å². The Morgan fingerprint density at radius 2 is 1.76 bits per heavy atom. The monoisotopic (exact) mass is 362 g/mol. The summed E-state index contributed by atoms with van der Waals surface area (Å²) in [5.74, 6) is 4.80. The first-order chi connectivity index (χ1) is 11.7. The van der Waals surface area contributed by atoms with Crippen LogP contribution in [0, 0.1) is 39.9 Å². The molecule has 3 fully saturated rings. The lowest BCUT2D eigenvalue weighted by atomic mass is 9.46. The molecule has 0 amide bonds. The van der Waals surface area contributed by atoms with E-state index in [4.69, 9.17) is 11.6 Å². The van der Waals surface area contributed by atoms with Crippen molar-refractivity contribution < 1.29 is 10.2 Å². The third-order valence-electron chi connectivity index (χ3n) is 8.84. The van der Waals surface area contributed by atoms with Crippen LogP contribution < -0.4 is 0 Å². The van der Waals surface area contributed by atoms with Gasteiger partial charge < -0.3 is 10.2 Å². The third-order valence-corrected chi connectivity index (χ3v) is 8.94. The topological polar surface area (TPSA) is 40.5 Å². The number of hydrogen-bond acceptors (Lipinski definition) is 2. The number of allylic oxidation sites excluding steroid dienone is 1. The lowest BCUT2D eigenvalue weighted by Gasteiger charge is -2.59. The number of aliphatic hydroxyl groups is 2. The molecule has 0 radical (unpaired) electrons. The van der Waals surface area contributed by atoms with Crippen molar-refractivity contribution in [2.24, 2.45) is 28.6 Å². The van der Waals surface area contributed by atoms with Crippen LogP contribution in [-0.2, 0) is 0 Å². The van der Waals surface area contributed by atoms with Gasteiger partial charge in [0.1, 0.15) is 5.60 Å². The molecule has 3 saturated carbocycles. The standard InChI is InChI=1S/C22H31ClO2/c1-14-12-16-17(20(2)7-4-15(24)13-19(14)20)5-8-21(3)18(16)6-9-22(21,25)10-11-23/h15-18,24-25H,4-9,12-13H2,1-3H3/t15-,16+,17-,18-,20+,21-,22+/m0/s1. The van der Waals surface area contributed by atoms with E-state index < -0.39 is 5.60 Å². The van der Waals surface area contributed by atoms with E-state index in [0.29, 0.717) is 17.8 Å². The average Bonchev–Trinajstić information content (AvgIpc) is 2.82. The summed E-state index contributed by atoms with van der Waals surface area (Å²) in [4.78, 5) is 0. The molecule has 0 spiro atoms. The molecule has 0 aromatic heterocycles. The molecule has 0 aromatic rings. The van der Waals surface area contributed by atoms with Crippen molar-refractivity contribution in [2.75, 3.05) is 0 Å². The number of rotatable bonds is 0. The second-order valence-corrected chi connectivity index (χ2v) is 9.92. The van der Waals surface area contributed by atoms with Crippen molar-refractivity contribution in [3.05, 3.63) is 11.1 Å². The van der Waals surface area contributed by atoms with Gasteiger partial charge in [0.15, 0.2) is 0 Å². The van der Waals surface area contributed by atoms with Gasteiger partial charge in [-0.2, -0.15) is 0 Å². The quantitative estimate of drug-likeness (QED) is 0.487. The van der Waals surface area contributed by atoms with E-state index in [0.717, 1.165) is 51.4 Å². The van der Waals surface area contributed by atoms with Gasteiger partial charge in [-0.05, 0) is 93.1 Å². The number of halogens is 1. The molecule has 4 rings (SSSR count). The molecule has 0 bridgehead atoms. The Labute approximate surface area is 157 Å². The number of fused-ring (bicyclic) bond motifs is 5. The molecule has 0 aromatic carbocycles. The molecule has 0 aliphatic heterocycles. The van der Waals surface area contributed by atoms with Crippen LogP contribution in [0.4, 0.5) is 0 Å². The molecule has 0 saturated heterocycles. The van der Waals surface area contributed by atoms with Gasteiger partial charge in [0, 0.05) is 10.8 Å². The van der Waals surface area contributed by atoms with E-state index in [2.05, 4.69) is 32.1 Å². The zero-order chi connectivity index (χ0) is 18.0. The molecular weight excluding hydrogens is 332 g/mol. The summed E-state index contributed by atoms with van der Waals surface area (Å²) in [7, 11) is 0. The van der Waals surface area contributed by atoms with Crippen molar-refractivity contribution in [1.82, 2.24) is 0 Å². The van der Waals surface area contributed by atoms with Gasteiger partial charge in [-0.3, -0.25) is 0 Å². The predicted molar refractivity (Wildman–Crippen MR) is 101 cm³/mol. The van der Waals surface area contributed by atoms with E-state index in [1.165, 1.54) is 5.57 Å². The molecular formula is C22H31ClO2. The molecule has 138 valence electrons. The van der Waals surface area contributed by atoms with E-state index in [-0.39, 0.29) is 16.9 Å². The first kappa shape index (κ1) is 17.9. The Morgan fingerprint density at radius 1 is 1.04 bits per heavy atom. The van der Waals surface area contributed by atoms with Crippen LogP contribution in [-0.4, -0.2) is 21.9 Å². The molecule has 2 N–H and O–H groups in total. The highest BCUT2D eigenvalue weighted by Crippen LogP contribution is 2.67. The van der Waals surface area contributed by atoms with Gasteiger partial charge in [-0.1, -0.05) is 30.9 Å². The maximum atomic E-state index is 11.2.